The average Bonchev–Trinajstić information content (AvgIpc) is 3.21. The van der Waals surface area contributed by atoms with E-state index in [0.717, 1.165) is 44.1 Å². The van der Waals surface area contributed by atoms with E-state index in [0.29, 0.717) is 12.4 Å². The Bertz CT molecular complexity index is 647. The number of rotatable bonds is 6. The van der Waals surface area contributed by atoms with E-state index in [9.17, 15) is 4.79 Å². The van der Waals surface area contributed by atoms with Gasteiger partial charge in [-0.15, -0.1) is 11.3 Å². The van der Waals surface area contributed by atoms with Gasteiger partial charge in [0.2, 0.25) is 11.8 Å². The van der Waals surface area contributed by atoms with Gasteiger partial charge >= 0.3 is 0 Å². The predicted octanol–water partition coefficient (Wildman–Crippen LogP) is 2.01. The van der Waals surface area contributed by atoms with Crippen LogP contribution >= 0.6 is 11.3 Å². The van der Waals surface area contributed by atoms with Crippen LogP contribution < -0.4 is 5.32 Å². The van der Waals surface area contributed by atoms with Gasteiger partial charge < -0.3 is 4.52 Å². The molecule has 24 heavy (non-hydrogen) atoms. The van der Waals surface area contributed by atoms with Crippen molar-refractivity contribution in [1.82, 2.24) is 19.9 Å². The fraction of sp³-hybridized carbons (Fsp3) is 0.562. The number of anilines is 1. The highest BCUT2D eigenvalue weighted by Gasteiger charge is 2.20. The first kappa shape index (κ1) is 17.1. The molecule has 1 N–H and O–H groups in total. The number of piperazine rings is 1. The highest BCUT2D eigenvalue weighted by molar-refractivity contribution is 7.07. The molecule has 0 atom stereocenters. The maximum atomic E-state index is 12.1. The summed E-state index contributed by atoms with van der Waals surface area (Å²) in [4.78, 5) is 21.0. The molecular weight excluding hydrogens is 326 g/mol. The smallest absolute Gasteiger partial charge is 0.240 e. The van der Waals surface area contributed by atoms with Crippen molar-refractivity contribution in [3.63, 3.8) is 0 Å². The summed E-state index contributed by atoms with van der Waals surface area (Å²) in [6.45, 7) is 9.00. The highest BCUT2D eigenvalue weighted by Crippen LogP contribution is 2.17. The fourth-order valence-corrected chi connectivity index (χ4v) is 3.20. The van der Waals surface area contributed by atoms with Gasteiger partial charge in [0.15, 0.2) is 0 Å². The van der Waals surface area contributed by atoms with Gasteiger partial charge in [-0.3, -0.25) is 19.9 Å². The van der Waals surface area contributed by atoms with Gasteiger partial charge in [-0.25, -0.2) is 4.98 Å². The van der Waals surface area contributed by atoms with Gasteiger partial charge in [0.25, 0.3) is 0 Å². The molecule has 0 aliphatic carbocycles. The Balaban J connectivity index is 1.41. The number of thiazole rings is 1. The molecule has 1 aliphatic heterocycles. The minimum absolute atomic E-state index is 0.0607. The molecule has 1 fully saturated rings. The molecule has 2 aromatic heterocycles. The molecule has 2 aromatic rings. The van der Waals surface area contributed by atoms with E-state index in [-0.39, 0.29) is 11.8 Å². The first-order valence-electron chi connectivity index (χ1n) is 8.18. The van der Waals surface area contributed by atoms with E-state index in [4.69, 9.17) is 4.52 Å². The Hall–Kier alpha value is -1.77. The quantitative estimate of drug-likeness (QED) is 0.860. The lowest BCUT2D eigenvalue weighted by atomic mass is 10.1. The van der Waals surface area contributed by atoms with Crippen molar-refractivity contribution < 1.29 is 9.32 Å². The van der Waals surface area contributed by atoms with E-state index in [1.807, 2.05) is 19.4 Å². The summed E-state index contributed by atoms with van der Waals surface area (Å²) in [6.07, 6.45) is 0. The Morgan fingerprint density at radius 3 is 2.71 bits per heavy atom. The van der Waals surface area contributed by atoms with E-state index in [1.54, 1.807) is 17.4 Å². The van der Waals surface area contributed by atoms with Crippen LogP contribution in [0.1, 0.15) is 31.2 Å². The van der Waals surface area contributed by atoms with Crippen LogP contribution in [0.2, 0.25) is 0 Å². The summed E-state index contributed by atoms with van der Waals surface area (Å²) in [5, 5.41) is 8.81. The summed E-state index contributed by atoms with van der Waals surface area (Å²) in [7, 11) is 0. The molecule has 8 heteroatoms. The lowest BCUT2D eigenvalue weighted by Gasteiger charge is -2.33. The van der Waals surface area contributed by atoms with Crippen LogP contribution in [0.3, 0.4) is 0 Å². The lowest BCUT2D eigenvalue weighted by Crippen LogP contribution is -2.48. The molecular formula is C16H23N5O2S. The zero-order valence-corrected chi connectivity index (χ0v) is 14.9. The fourth-order valence-electron chi connectivity index (χ4n) is 2.65. The first-order chi connectivity index (χ1) is 11.6. The summed E-state index contributed by atoms with van der Waals surface area (Å²) in [5.74, 6) is 0.644. The standard InChI is InChI=1S/C16H23N5O2S/c1-12(2)14-7-16(23-19-14)18-15(22)9-21-5-3-20(4-6-21)8-13-10-24-11-17-13/h7,10-12H,3-6,8-9H2,1-2H3,(H,18,22). The van der Waals surface area contributed by atoms with Gasteiger partial charge in [-0.2, -0.15) is 0 Å². The molecule has 3 rings (SSSR count). The average molecular weight is 349 g/mol. The van der Waals surface area contributed by atoms with Crippen molar-refractivity contribution in [2.45, 2.75) is 26.3 Å². The van der Waals surface area contributed by atoms with Crippen LogP contribution in [-0.2, 0) is 11.3 Å². The van der Waals surface area contributed by atoms with Crippen molar-refractivity contribution in [2.24, 2.45) is 0 Å². The van der Waals surface area contributed by atoms with E-state index in [1.165, 1.54) is 0 Å². The minimum atomic E-state index is -0.0607. The monoisotopic (exact) mass is 349 g/mol. The van der Waals surface area contributed by atoms with Crippen LogP contribution in [0.4, 0.5) is 5.88 Å². The number of hydrogen-bond donors (Lipinski definition) is 1. The molecule has 3 heterocycles. The topological polar surface area (TPSA) is 74.5 Å². The summed E-state index contributed by atoms with van der Waals surface area (Å²) >= 11 is 1.63. The third-order valence-corrected chi connectivity index (χ3v) is 4.72. The number of aromatic nitrogens is 2. The van der Waals surface area contributed by atoms with Crippen LogP contribution in [0.25, 0.3) is 0 Å². The molecule has 0 bridgehead atoms. The molecule has 7 nitrogen and oxygen atoms in total. The minimum Gasteiger partial charge on any atom is -0.338 e. The normalized spacial score (nSPS) is 16.6. The van der Waals surface area contributed by atoms with Gasteiger partial charge in [-0.05, 0) is 5.92 Å². The van der Waals surface area contributed by atoms with Crippen molar-refractivity contribution in [3.8, 4) is 0 Å². The molecule has 0 spiro atoms. The van der Waals surface area contributed by atoms with Crippen LogP contribution in [0.15, 0.2) is 21.5 Å². The van der Waals surface area contributed by atoms with Crippen LogP contribution in [0.5, 0.6) is 0 Å². The second-order valence-corrected chi connectivity index (χ2v) is 7.07. The van der Waals surface area contributed by atoms with Gasteiger partial charge in [-0.1, -0.05) is 19.0 Å². The summed E-state index contributed by atoms with van der Waals surface area (Å²) in [6, 6.07) is 1.79. The molecule has 0 unspecified atom stereocenters. The number of nitrogens with zero attached hydrogens (tertiary/aromatic N) is 4. The van der Waals surface area contributed by atoms with E-state index < -0.39 is 0 Å². The Morgan fingerprint density at radius 1 is 1.33 bits per heavy atom. The Labute approximate surface area is 145 Å². The van der Waals surface area contributed by atoms with Gasteiger partial charge in [0.1, 0.15) is 0 Å². The largest absolute Gasteiger partial charge is 0.338 e. The van der Waals surface area contributed by atoms with Crippen molar-refractivity contribution in [1.29, 1.82) is 0 Å². The van der Waals surface area contributed by atoms with E-state index >= 15 is 0 Å². The molecule has 1 amide bonds. The molecule has 1 saturated heterocycles. The maximum Gasteiger partial charge on any atom is 0.240 e. The van der Waals surface area contributed by atoms with Crippen LogP contribution in [-0.4, -0.2) is 58.6 Å². The number of carbonyl (C=O) groups is 1. The second kappa shape index (κ2) is 7.87. The zero-order chi connectivity index (χ0) is 16.9. The SMILES string of the molecule is CC(C)c1cc(NC(=O)CN2CCN(Cc3cscn3)CC2)on1. The Kier molecular flexibility index (Phi) is 5.60. The van der Waals surface area contributed by atoms with Gasteiger partial charge in [0.05, 0.1) is 23.4 Å². The summed E-state index contributed by atoms with van der Waals surface area (Å²) < 4.78 is 5.15. The van der Waals surface area contributed by atoms with Crippen molar-refractivity contribution >= 4 is 23.1 Å². The third kappa shape index (κ3) is 4.62. The molecule has 0 saturated carbocycles. The molecule has 0 radical (unpaired) electrons. The zero-order valence-electron chi connectivity index (χ0n) is 14.1. The van der Waals surface area contributed by atoms with Gasteiger partial charge in [0, 0.05) is 44.2 Å². The number of hydrogen-bond acceptors (Lipinski definition) is 7. The van der Waals surface area contributed by atoms with Crippen molar-refractivity contribution in [3.05, 3.63) is 28.3 Å². The summed E-state index contributed by atoms with van der Waals surface area (Å²) in [5.41, 5.74) is 3.84. The van der Waals surface area contributed by atoms with Crippen LogP contribution in [0, 0.1) is 0 Å². The third-order valence-electron chi connectivity index (χ3n) is 4.08. The molecule has 0 aromatic carbocycles. The predicted molar refractivity (Wildman–Crippen MR) is 93.1 cm³/mol. The lowest BCUT2D eigenvalue weighted by molar-refractivity contribution is -0.117. The number of carbonyl (C=O) groups excluding carboxylic acids is 1. The molecule has 1 aliphatic rings. The second-order valence-electron chi connectivity index (χ2n) is 6.35. The number of nitrogens with one attached hydrogen (secondary N) is 1. The molecule has 130 valence electrons. The number of amides is 1. The van der Waals surface area contributed by atoms with Crippen molar-refractivity contribution in [2.75, 3.05) is 38.0 Å². The Morgan fingerprint density at radius 2 is 2.08 bits per heavy atom. The highest BCUT2D eigenvalue weighted by atomic mass is 32.1. The first-order valence-corrected chi connectivity index (χ1v) is 9.12. The maximum absolute atomic E-state index is 12.1. The van der Waals surface area contributed by atoms with E-state index in [2.05, 4.69) is 30.6 Å².